The van der Waals surface area contributed by atoms with Crippen LogP contribution in [0.3, 0.4) is 0 Å². The minimum absolute atomic E-state index is 0. The Labute approximate surface area is 174 Å². The number of nitrogens with zero attached hydrogens (tertiary/aromatic N) is 1. The van der Waals surface area contributed by atoms with Crippen molar-refractivity contribution in [1.29, 1.82) is 0 Å². The maximum Gasteiger partial charge on any atom is 0.325 e. The van der Waals surface area contributed by atoms with Gasteiger partial charge in [0.1, 0.15) is 23.3 Å². The zero-order chi connectivity index (χ0) is 16.8. The van der Waals surface area contributed by atoms with Crippen molar-refractivity contribution in [1.82, 2.24) is 1.33 Å². The first-order valence-corrected chi connectivity index (χ1v) is 8.67. The van der Waals surface area contributed by atoms with Crippen LogP contribution in [0.5, 0.6) is 17.2 Å². The van der Waals surface area contributed by atoms with Crippen molar-refractivity contribution in [3.05, 3.63) is 54.1 Å². The number of ether oxygens (including phenoxy) is 2. The Kier molecular flexibility index (Phi) is 9.09. The lowest BCUT2D eigenvalue weighted by molar-refractivity contribution is -0.143. The fourth-order valence-electron chi connectivity index (χ4n) is 1.94. The molecule has 0 bridgehead atoms. The molecule has 2 aromatic carbocycles. The molecule has 130 valence electrons. The van der Waals surface area contributed by atoms with E-state index in [1.807, 2.05) is 24.3 Å². The van der Waals surface area contributed by atoms with Crippen LogP contribution in [0.1, 0.15) is 5.56 Å². The summed E-state index contributed by atoms with van der Waals surface area (Å²) in [6.45, 7) is 0. The van der Waals surface area contributed by atoms with E-state index in [2.05, 4.69) is 45.7 Å². The average molecular weight is 576 g/mol. The highest BCUT2D eigenvalue weighted by atomic mass is 127. The van der Waals surface area contributed by atoms with Gasteiger partial charge in [0.05, 0.1) is 7.11 Å². The molecule has 0 aliphatic heterocycles. The molecular formula is C16H16ClI2NO4. The number of phenols is 1. The molecule has 0 spiro atoms. The van der Waals surface area contributed by atoms with Crippen LogP contribution in [0.4, 0.5) is 0 Å². The molecule has 0 unspecified atom stereocenters. The second-order valence-electron chi connectivity index (χ2n) is 4.74. The Morgan fingerprint density at radius 2 is 1.58 bits per heavy atom. The van der Waals surface area contributed by atoms with Gasteiger partial charge in [-0.15, -0.1) is 12.4 Å². The highest BCUT2D eigenvalue weighted by Crippen LogP contribution is 2.25. The van der Waals surface area contributed by atoms with Gasteiger partial charge in [-0.25, -0.2) is 0 Å². The van der Waals surface area contributed by atoms with Gasteiger partial charge in [0.15, 0.2) is 0 Å². The summed E-state index contributed by atoms with van der Waals surface area (Å²) in [4.78, 5) is 11.8. The lowest BCUT2D eigenvalue weighted by atomic mass is 10.1. The largest absolute Gasteiger partial charge is 0.508 e. The van der Waals surface area contributed by atoms with Crippen molar-refractivity contribution in [3.8, 4) is 17.2 Å². The second-order valence-corrected chi connectivity index (χ2v) is 8.67. The third-order valence-electron chi connectivity index (χ3n) is 3.13. The van der Waals surface area contributed by atoms with E-state index >= 15 is 0 Å². The van der Waals surface area contributed by atoms with Crippen LogP contribution in [-0.2, 0) is 16.0 Å². The first-order valence-electron chi connectivity index (χ1n) is 6.74. The Balaban J connectivity index is 0.00000288. The standard InChI is InChI=1S/C16H15I2NO4.ClH/c1-22-16(21)15(19(17)18)10-11-2-6-13(7-3-11)23-14-8-4-12(20)5-9-14;/h2-9,15,20H,10H2,1H3;1H/t15-;/m0./s1. The molecule has 1 atom stereocenters. The summed E-state index contributed by atoms with van der Waals surface area (Å²) >= 11 is 4.14. The van der Waals surface area contributed by atoms with Gasteiger partial charge >= 0.3 is 5.97 Å². The van der Waals surface area contributed by atoms with Crippen LogP contribution in [0.25, 0.3) is 0 Å². The topological polar surface area (TPSA) is 59.0 Å². The van der Waals surface area contributed by atoms with Gasteiger partial charge in [0.2, 0.25) is 0 Å². The van der Waals surface area contributed by atoms with E-state index in [1.165, 1.54) is 7.11 Å². The number of carbonyl (C=O) groups is 1. The molecule has 0 aromatic heterocycles. The Hall–Kier alpha value is -0.780. The molecule has 0 saturated carbocycles. The van der Waals surface area contributed by atoms with Gasteiger partial charge < -0.3 is 14.6 Å². The smallest absolute Gasteiger partial charge is 0.325 e. The van der Waals surface area contributed by atoms with Crippen molar-refractivity contribution in [2.75, 3.05) is 7.11 Å². The van der Waals surface area contributed by atoms with Gasteiger partial charge in [0, 0.05) is 52.1 Å². The zero-order valence-electron chi connectivity index (χ0n) is 12.7. The number of benzene rings is 2. The van der Waals surface area contributed by atoms with Crippen molar-refractivity contribution in [3.63, 3.8) is 0 Å². The number of aromatic hydroxyl groups is 1. The molecule has 0 fully saturated rings. The van der Waals surface area contributed by atoms with Gasteiger partial charge in [-0.3, -0.25) is 4.79 Å². The minimum atomic E-state index is -0.343. The number of esters is 1. The third-order valence-corrected chi connectivity index (χ3v) is 4.48. The number of phenolic OH excluding ortho intramolecular Hbond substituents is 1. The van der Waals surface area contributed by atoms with E-state index in [-0.39, 0.29) is 30.2 Å². The summed E-state index contributed by atoms with van der Waals surface area (Å²) in [7, 11) is 1.39. The number of carbonyl (C=O) groups excluding carboxylic acids is 1. The van der Waals surface area contributed by atoms with E-state index in [4.69, 9.17) is 9.47 Å². The molecule has 2 aromatic rings. The number of methoxy groups -OCH3 is 1. The zero-order valence-corrected chi connectivity index (χ0v) is 17.8. The quantitative estimate of drug-likeness (QED) is 0.308. The summed E-state index contributed by atoms with van der Waals surface area (Å²) in [5.74, 6) is 1.27. The highest BCUT2D eigenvalue weighted by Gasteiger charge is 2.24. The first kappa shape index (κ1) is 21.3. The summed E-state index contributed by atoms with van der Waals surface area (Å²) in [6, 6.07) is 13.7. The molecule has 5 nitrogen and oxygen atoms in total. The molecule has 24 heavy (non-hydrogen) atoms. The van der Waals surface area contributed by atoms with E-state index < -0.39 is 0 Å². The molecule has 0 radical (unpaired) electrons. The number of rotatable bonds is 6. The summed E-state index contributed by atoms with van der Waals surface area (Å²) in [6.07, 6.45) is 0.554. The van der Waals surface area contributed by atoms with Crippen LogP contribution < -0.4 is 4.74 Å². The summed E-state index contributed by atoms with van der Waals surface area (Å²) in [5, 5.41) is 9.25. The van der Waals surface area contributed by atoms with Crippen molar-refractivity contribution < 1.29 is 19.4 Å². The minimum Gasteiger partial charge on any atom is -0.508 e. The number of hydrogen-bond acceptors (Lipinski definition) is 5. The summed E-state index contributed by atoms with van der Waals surface area (Å²) in [5.41, 5.74) is 1.01. The molecule has 0 aliphatic carbocycles. The van der Waals surface area contributed by atoms with E-state index in [0.717, 1.165) is 5.56 Å². The molecule has 0 saturated heterocycles. The van der Waals surface area contributed by atoms with Crippen LogP contribution in [0, 0.1) is 0 Å². The monoisotopic (exact) mass is 575 g/mol. The maximum atomic E-state index is 11.8. The van der Waals surface area contributed by atoms with Gasteiger partial charge in [-0.2, -0.15) is 1.33 Å². The molecule has 8 heteroatoms. The van der Waals surface area contributed by atoms with E-state index in [1.54, 1.807) is 25.6 Å². The van der Waals surface area contributed by atoms with Crippen molar-refractivity contribution in [2.45, 2.75) is 12.5 Å². The lowest BCUT2D eigenvalue weighted by Crippen LogP contribution is -2.32. The number of hydrogen-bond donors (Lipinski definition) is 1. The molecule has 1 N–H and O–H groups in total. The van der Waals surface area contributed by atoms with Gasteiger partial charge in [0.25, 0.3) is 0 Å². The molecular weight excluding hydrogens is 559 g/mol. The van der Waals surface area contributed by atoms with Crippen LogP contribution in [-0.4, -0.2) is 25.6 Å². The first-order chi connectivity index (χ1) is 11.0. The second kappa shape index (κ2) is 10.3. The Morgan fingerprint density at radius 1 is 1.08 bits per heavy atom. The number of halogens is 3. The predicted octanol–water partition coefficient (Wildman–Crippen LogP) is 4.69. The molecule has 2 rings (SSSR count). The average Bonchev–Trinajstić information content (AvgIpc) is 2.55. The predicted molar refractivity (Wildman–Crippen MR) is 111 cm³/mol. The SMILES string of the molecule is COC(=O)[C@H](Cc1ccc(Oc2ccc(O)cc2)cc1)N(I)I.Cl. The molecule has 0 heterocycles. The maximum absolute atomic E-state index is 11.8. The van der Waals surface area contributed by atoms with E-state index in [0.29, 0.717) is 17.9 Å². The van der Waals surface area contributed by atoms with E-state index in [9.17, 15) is 9.90 Å². The van der Waals surface area contributed by atoms with Gasteiger partial charge in [-0.1, -0.05) is 12.1 Å². The Bertz CT molecular complexity index is 650. The normalized spacial score (nSPS) is 11.5. The van der Waals surface area contributed by atoms with Gasteiger partial charge in [-0.05, 0) is 42.0 Å². The van der Waals surface area contributed by atoms with Crippen LogP contribution in [0.15, 0.2) is 48.5 Å². The fraction of sp³-hybridized carbons (Fsp3) is 0.188. The van der Waals surface area contributed by atoms with Crippen LogP contribution >= 0.6 is 58.1 Å². The highest BCUT2D eigenvalue weighted by molar-refractivity contribution is 14.2. The third kappa shape index (κ3) is 6.26. The fourth-order valence-corrected chi connectivity index (χ4v) is 2.78. The lowest BCUT2D eigenvalue weighted by Gasteiger charge is -2.18. The summed E-state index contributed by atoms with van der Waals surface area (Å²) < 4.78 is 12.3. The van der Waals surface area contributed by atoms with Crippen molar-refractivity contribution in [2.24, 2.45) is 0 Å². The van der Waals surface area contributed by atoms with Crippen molar-refractivity contribution >= 4 is 64.1 Å². The van der Waals surface area contributed by atoms with Crippen LogP contribution in [0.2, 0.25) is 0 Å². The Morgan fingerprint density at radius 3 is 2.04 bits per heavy atom. The molecule has 0 amide bonds. The molecule has 0 aliphatic rings.